The second-order valence-corrected chi connectivity index (χ2v) is 8.43. The van der Waals surface area contributed by atoms with Gasteiger partial charge < -0.3 is 19.3 Å². The molecule has 7 nitrogen and oxygen atoms in total. The largest absolute Gasteiger partial charge is 0.496 e. The molecule has 0 bridgehead atoms. The van der Waals surface area contributed by atoms with Crippen LogP contribution in [0.4, 0.5) is 0 Å². The molecule has 0 saturated carbocycles. The van der Waals surface area contributed by atoms with E-state index in [-0.39, 0.29) is 23.9 Å². The van der Waals surface area contributed by atoms with Crippen molar-refractivity contribution in [3.8, 4) is 5.75 Å². The lowest BCUT2D eigenvalue weighted by atomic mass is 10.0. The lowest BCUT2D eigenvalue weighted by molar-refractivity contribution is -0.139. The summed E-state index contributed by atoms with van der Waals surface area (Å²) in [5.41, 5.74) is 0.370. The predicted molar refractivity (Wildman–Crippen MR) is 107 cm³/mol. The molecular formula is C22H25N3O4. The molecule has 3 atom stereocenters. The number of hydrogen-bond acceptors (Lipinski definition) is 5. The van der Waals surface area contributed by atoms with Crippen LogP contribution in [0.2, 0.25) is 0 Å². The number of rotatable bonds is 3. The summed E-state index contributed by atoms with van der Waals surface area (Å²) >= 11 is 0. The number of ether oxygens (including phenoxy) is 2. The molecule has 2 amide bonds. The molecule has 7 heteroatoms. The number of aromatic nitrogens is 1. The molecule has 4 heterocycles. The van der Waals surface area contributed by atoms with Gasteiger partial charge in [-0.1, -0.05) is 26.0 Å². The highest BCUT2D eigenvalue weighted by atomic mass is 16.5. The van der Waals surface area contributed by atoms with Crippen molar-refractivity contribution >= 4 is 22.7 Å². The number of likely N-dealkylation sites (tertiary alicyclic amines) is 1. The van der Waals surface area contributed by atoms with Gasteiger partial charge in [-0.15, -0.1) is 0 Å². The zero-order chi connectivity index (χ0) is 20.3. The van der Waals surface area contributed by atoms with Crippen molar-refractivity contribution in [3.63, 3.8) is 0 Å². The van der Waals surface area contributed by atoms with Crippen LogP contribution >= 0.6 is 0 Å². The molecule has 0 aliphatic carbocycles. The van der Waals surface area contributed by atoms with Crippen LogP contribution in [0.1, 0.15) is 37.2 Å². The molecule has 0 unspecified atom stereocenters. The Morgan fingerprint density at radius 2 is 2.14 bits per heavy atom. The summed E-state index contributed by atoms with van der Waals surface area (Å²) in [4.78, 5) is 34.5. The first kappa shape index (κ1) is 18.4. The SMILES string of the molecule is COc1cc(C(=O)N2CC[C@@]34OC[C@@H](C(C)C)N3C(=O)C[C@@H]24)nc2ccccc12. The van der Waals surface area contributed by atoms with E-state index in [9.17, 15) is 9.59 Å². The molecule has 3 fully saturated rings. The Bertz CT molecular complexity index is 1010. The summed E-state index contributed by atoms with van der Waals surface area (Å²) in [7, 11) is 1.59. The third-order valence-corrected chi connectivity index (χ3v) is 6.64. The number of nitrogens with zero attached hydrogens (tertiary/aromatic N) is 3. The maximum absolute atomic E-state index is 13.4. The monoisotopic (exact) mass is 395 g/mol. The Morgan fingerprint density at radius 1 is 1.34 bits per heavy atom. The van der Waals surface area contributed by atoms with Crippen molar-refractivity contribution in [2.75, 3.05) is 20.3 Å². The lowest BCUT2D eigenvalue weighted by Gasteiger charge is -2.34. The number of fused-ring (bicyclic) bond motifs is 1. The van der Waals surface area contributed by atoms with Crippen LogP contribution in [0.25, 0.3) is 10.9 Å². The van der Waals surface area contributed by atoms with Gasteiger partial charge in [0.2, 0.25) is 5.91 Å². The van der Waals surface area contributed by atoms with E-state index in [1.807, 2.05) is 29.2 Å². The minimum atomic E-state index is -0.678. The molecule has 0 N–H and O–H groups in total. The second kappa shape index (κ2) is 6.42. The first-order valence-electron chi connectivity index (χ1n) is 10.2. The smallest absolute Gasteiger partial charge is 0.273 e. The van der Waals surface area contributed by atoms with Gasteiger partial charge in [-0.2, -0.15) is 0 Å². The van der Waals surface area contributed by atoms with Crippen LogP contribution in [0.5, 0.6) is 5.75 Å². The third-order valence-electron chi connectivity index (χ3n) is 6.64. The number of amides is 2. The van der Waals surface area contributed by atoms with Crippen LogP contribution in [0, 0.1) is 5.92 Å². The molecule has 3 aliphatic rings. The molecule has 0 radical (unpaired) electrons. The van der Waals surface area contributed by atoms with Crippen molar-refractivity contribution < 1.29 is 19.1 Å². The Hall–Kier alpha value is -2.67. The normalized spacial score (nSPS) is 28.3. The van der Waals surface area contributed by atoms with E-state index in [4.69, 9.17) is 9.47 Å². The first-order valence-corrected chi connectivity index (χ1v) is 10.2. The molecule has 3 saturated heterocycles. The Labute approximate surface area is 169 Å². The first-order chi connectivity index (χ1) is 14.0. The van der Waals surface area contributed by atoms with Gasteiger partial charge in [0.15, 0.2) is 5.72 Å². The zero-order valence-electron chi connectivity index (χ0n) is 16.9. The number of pyridine rings is 1. The van der Waals surface area contributed by atoms with E-state index in [2.05, 4.69) is 18.8 Å². The van der Waals surface area contributed by atoms with Gasteiger partial charge in [0.25, 0.3) is 5.91 Å². The average molecular weight is 395 g/mol. The van der Waals surface area contributed by atoms with Crippen LogP contribution < -0.4 is 4.74 Å². The van der Waals surface area contributed by atoms with Crippen LogP contribution in [-0.4, -0.2) is 64.7 Å². The maximum atomic E-state index is 13.4. The number of benzene rings is 1. The molecule has 152 valence electrons. The minimum absolute atomic E-state index is 0.0708. The van der Waals surface area contributed by atoms with E-state index in [0.29, 0.717) is 48.9 Å². The average Bonchev–Trinajstić information content (AvgIpc) is 3.35. The van der Waals surface area contributed by atoms with Crippen molar-refractivity contribution in [1.29, 1.82) is 0 Å². The fourth-order valence-corrected chi connectivity index (χ4v) is 5.18. The van der Waals surface area contributed by atoms with Gasteiger partial charge in [0.1, 0.15) is 11.4 Å². The molecule has 1 aromatic carbocycles. The highest BCUT2D eigenvalue weighted by Crippen LogP contribution is 2.49. The number of methoxy groups -OCH3 is 1. The van der Waals surface area contributed by atoms with E-state index < -0.39 is 5.72 Å². The lowest BCUT2D eigenvalue weighted by Crippen LogP contribution is -2.51. The summed E-state index contributed by atoms with van der Waals surface area (Å²) < 4.78 is 11.7. The van der Waals surface area contributed by atoms with Gasteiger partial charge in [-0.3, -0.25) is 9.59 Å². The van der Waals surface area contributed by atoms with Crippen molar-refractivity contribution in [3.05, 3.63) is 36.0 Å². The Morgan fingerprint density at radius 3 is 2.90 bits per heavy atom. The number of hydrogen-bond donors (Lipinski definition) is 0. The summed E-state index contributed by atoms with van der Waals surface area (Å²) in [6.07, 6.45) is 0.947. The number of para-hydroxylation sites is 1. The quantitative estimate of drug-likeness (QED) is 0.798. The maximum Gasteiger partial charge on any atom is 0.273 e. The fourth-order valence-electron chi connectivity index (χ4n) is 5.18. The van der Waals surface area contributed by atoms with Crippen LogP contribution in [0.3, 0.4) is 0 Å². The van der Waals surface area contributed by atoms with Crippen LogP contribution in [0.15, 0.2) is 30.3 Å². The Kier molecular flexibility index (Phi) is 4.07. The van der Waals surface area contributed by atoms with Crippen LogP contribution in [-0.2, 0) is 9.53 Å². The van der Waals surface area contributed by atoms with Gasteiger partial charge in [-0.05, 0) is 18.1 Å². The highest BCUT2D eigenvalue weighted by Gasteiger charge is 2.65. The molecule has 29 heavy (non-hydrogen) atoms. The van der Waals surface area contributed by atoms with E-state index in [1.165, 1.54) is 0 Å². The molecular weight excluding hydrogens is 370 g/mol. The molecule has 2 aromatic rings. The second-order valence-electron chi connectivity index (χ2n) is 8.43. The van der Waals surface area contributed by atoms with Gasteiger partial charge in [-0.25, -0.2) is 4.98 Å². The minimum Gasteiger partial charge on any atom is -0.496 e. The summed E-state index contributed by atoms with van der Waals surface area (Å²) in [6.45, 7) is 5.30. The standard InChI is InChI=1S/C22H25N3O4/c1-13(2)17-12-29-22-8-9-24(19(22)11-20(26)25(17)22)21(27)16-10-18(28-3)14-6-4-5-7-15(14)23-16/h4-7,10,13,17,19H,8-9,11-12H2,1-3H3/t17-,19+,22-/m0/s1. The molecule has 5 rings (SSSR count). The summed E-state index contributed by atoms with van der Waals surface area (Å²) in [5.74, 6) is 0.831. The fraction of sp³-hybridized carbons (Fsp3) is 0.500. The van der Waals surface area contributed by atoms with Gasteiger partial charge in [0, 0.05) is 24.4 Å². The van der Waals surface area contributed by atoms with E-state index in [1.54, 1.807) is 18.1 Å². The van der Waals surface area contributed by atoms with Crippen molar-refractivity contribution in [2.24, 2.45) is 5.92 Å². The summed E-state index contributed by atoms with van der Waals surface area (Å²) in [6, 6.07) is 9.09. The van der Waals surface area contributed by atoms with Gasteiger partial charge >= 0.3 is 0 Å². The Balaban J connectivity index is 1.50. The topological polar surface area (TPSA) is 72.0 Å². The van der Waals surface area contributed by atoms with Crippen molar-refractivity contribution in [2.45, 2.75) is 44.5 Å². The molecule has 1 spiro atoms. The highest BCUT2D eigenvalue weighted by molar-refractivity contribution is 5.98. The third kappa shape index (κ3) is 2.50. The van der Waals surface area contributed by atoms with E-state index >= 15 is 0 Å². The summed E-state index contributed by atoms with van der Waals surface area (Å²) in [5, 5.41) is 0.866. The number of carbonyl (C=O) groups is 2. The molecule has 1 aromatic heterocycles. The predicted octanol–water partition coefficient (Wildman–Crippen LogP) is 2.44. The number of carbonyl (C=O) groups excluding carboxylic acids is 2. The van der Waals surface area contributed by atoms with E-state index in [0.717, 1.165) is 5.39 Å². The zero-order valence-corrected chi connectivity index (χ0v) is 16.9. The van der Waals surface area contributed by atoms with Crippen molar-refractivity contribution in [1.82, 2.24) is 14.8 Å². The molecule has 3 aliphatic heterocycles. The van der Waals surface area contributed by atoms with Gasteiger partial charge in [0.05, 0.1) is 37.7 Å².